The SMILES string of the molecule is CC1(C)O[C@@H]([C@H](O)[C@@H](CNC(=O)c2ccccc2)c2ccc3c(c2)OCO3)[C@H](CO)O1. The smallest absolute Gasteiger partial charge is 0.251 e. The second-order valence-electron chi connectivity index (χ2n) is 8.11. The van der Waals surface area contributed by atoms with Gasteiger partial charge in [-0.15, -0.1) is 0 Å². The third-order valence-electron chi connectivity index (χ3n) is 5.49. The Morgan fingerprint density at radius 2 is 1.87 bits per heavy atom. The van der Waals surface area contributed by atoms with Crippen molar-refractivity contribution < 1.29 is 34.0 Å². The third kappa shape index (κ3) is 4.67. The summed E-state index contributed by atoms with van der Waals surface area (Å²) in [5, 5.41) is 23.9. The van der Waals surface area contributed by atoms with Crippen LogP contribution in [0.3, 0.4) is 0 Å². The van der Waals surface area contributed by atoms with E-state index in [4.69, 9.17) is 18.9 Å². The first-order valence-corrected chi connectivity index (χ1v) is 10.3. The Labute approximate surface area is 180 Å². The van der Waals surface area contributed by atoms with Crippen LogP contribution in [0.5, 0.6) is 11.5 Å². The Bertz CT molecular complexity index is 917. The van der Waals surface area contributed by atoms with Gasteiger partial charge in [-0.25, -0.2) is 0 Å². The van der Waals surface area contributed by atoms with Crippen LogP contribution in [0.4, 0.5) is 0 Å². The van der Waals surface area contributed by atoms with E-state index in [0.29, 0.717) is 17.1 Å². The quantitative estimate of drug-likeness (QED) is 0.616. The van der Waals surface area contributed by atoms with Crippen molar-refractivity contribution in [2.45, 2.75) is 43.9 Å². The van der Waals surface area contributed by atoms with E-state index in [2.05, 4.69) is 5.32 Å². The van der Waals surface area contributed by atoms with Crippen LogP contribution in [0.2, 0.25) is 0 Å². The zero-order valence-electron chi connectivity index (χ0n) is 17.5. The van der Waals surface area contributed by atoms with Crippen LogP contribution >= 0.6 is 0 Å². The highest BCUT2D eigenvalue weighted by molar-refractivity contribution is 5.94. The van der Waals surface area contributed by atoms with E-state index in [0.717, 1.165) is 5.56 Å². The summed E-state index contributed by atoms with van der Waals surface area (Å²) in [6.07, 6.45) is -2.52. The molecule has 0 saturated carbocycles. The molecule has 0 aliphatic carbocycles. The van der Waals surface area contributed by atoms with E-state index < -0.39 is 30.0 Å². The van der Waals surface area contributed by atoms with Gasteiger partial charge in [0.25, 0.3) is 5.91 Å². The molecule has 4 atom stereocenters. The first kappa shape index (κ1) is 21.6. The molecule has 166 valence electrons. The topological polar surface area (TPSA) is 106 Å². The molecule has 0 bridgehead atoms. The maximum Gasteiger partial charge on any atom is 0.251 e. The molecule has 2 aliphatic rings. The zero-order valence-corrected chi connectivity index (χ0v) is 17.5. The van der Waals surface area contributed by atoms with Crippen molar-refractivity contribution in [2.24, 2.45) is 0 Å². The van der Waals surface area contributed by atoms with Crippen molar-refractivity contribution in [3.05, 3.63) is 59.7 Å². The first-order chi connectivity index (χ1) is 14.9. The van der Waals surface area contributed by atoms with Crippen molar-refractivity contribution >= 4 is 5.91 Å². The number of fused-ring (bicyclic) bond motifs is 1. The van der Waals surface area contributed by atoms with Gasteiger partial charge in [-0.1, -0.05) is 24.3 Å². The summed E-state index contributed by atoms with van der Waals surface area (Å²) in [4.78, 5) is 12.6. The summed E-state index contributed by atoms with van der Waals surface area (Å²) in [6, 6.07) is 14.2. The predicted molar refractivity (Wildman–Crippen MR) is 111 cm³/mol. The lowest BCUT2D eigenvalue weighted by Crippen LogP contribution is -2.44. The predicted octanol–water partition coefficient (Wildman–Crippen LogP) is 1.80. The van der Waals surface area contributed by atoms with Crippen molar-refractivity contribution in [1.82, 2.24) is 5.32 Å². The van der Waals surface area contributed by atoms with Crippen LogP contribution in [0, 0.1) is 0 Å². The molecule has 4 rings (SSSR count). The number of hydrogen-bond acceptors (Lipinski definition) is 7. The Morgan fingerprint density at radius 3 is 2.61 bits per heavy atom. The molecule has 8 nitrogen and oxygen atoms in total. The van der Waals surface area contributed by atoms with Gasteiger partial charge in [0.1, 0.15) is 12.2 Å². The van der Waals surface area contributed by atoms with Crippen molar-refractivity contribution in [3.8, 4) is 11.5 Å². The van der Waals surface area contributed by atoms with Crippen LogP contribution in [0.25, 0.3) is 0 Å². The fourth-order valence-corrected chi connectivity index (χ4v) is 4.00. The highest BCUT2D eigenvalue weighted by Gasteiger charge is 2.47. The number of ether oxygens (including phenoxy) is 4. The summed E-state index contributed by atoms with van der Waals surface area (Å²) in [5.41, 5.74) is 1.27. The van der Waals surface area contributed by atoms with E-state index in [-0.39, 0.29) is 25.9 Å². The number of nitrogens with one attached hydrogen (secondary N) is 1. The molecule has 0 radical (unpaired) electrons. The van der Waals surface area contributed by atoms with Gasteiger partial charge in [0, 0.05) is 18.0 Å². The molecule has 1 fully saturated rings. The highest BCUT2D eigenvalue weighted by atomic mass is 16.8. The number of benzene rings is 2. The number of hydrogen-bond donors (Lipinski definition) is 3. The molecule has 2 aromatic rings. The van der Waals surface area contributed by atoms with Crippen LogP contribution in [-0.2, 0) is 9.47 Å². The number of carbonyl (C=O) groups is 1. The monoisotopic (exact) mass is 429 g/mol. The Balaban J connectivity index is 1.58. The minimum Gasteiger partial charge on any atom is -0.454 e. The number of amides is 1. The lowest BCUT2D eigenvalue weighted by atomic mass is 9.88. The molecule has 0 aromatic heterocycles. The van der Waals surface area contributed by atoms with E-state index in [9.17, 15) is 15.0 Å². The van der Waals surface area contributed by atoms with Gasteiger partial charge in [-0.3, -0.25) is 4.79 Å². The van der Waals surface area contributed by atoms with Gasteiger partial charge >= 0.3 is 0 Å². The Kier molecular flexibility index (Phi) is 6.15. The van der Waals surface area contributed by atoms with Gasteiger partial charge in [-0.05, 0) is 43.7 Å². The van der Waals surface area contributed by atoms with E-state index in [1.165, 1.54) is 0 Å². The second kappa shape index (κ2) is 8.84. The molecule has 1 saturated heterocycles. The average molecular weight is 429 g/mol. The molecule has 3 N–H and O–H groups in total. The molecule has 2 aromatic carbocycles. The Morgan fingerprint density at radius 1 is 1.13 bits per heavy atom. The van der Waals surface area contributed by atoms with E-state index in [1.54, 1.807) is 50.2 Å². The van der Waals surface area contributed by atoms with E-state index >= 15 is 0 Å². The summed E-state index contributed by atoms with van der Waals surface area (Å²) in [7, 11) is 0. The molecule has 31 heavy (non-hydrogen) atoms. The average Bonchev–Trinajstić information content (AvgIpc) is 3.37. The number of rotatable bonds is 7. The number of carbonyl (C=O) groups excluding carboxylic acids is 1. The van der Waals surface area contributed by atoms with Crippen LogP contribution in [0.15, 0.2) is 48.5 Å². The van der Waals surface area contributed by atoms with E-state index in [1.807, 2.05) is 12.1 Å². The zero-order chi connectivity index (χ0) is 22.0. The lowest BCUT2D eigenvalue weighted by Gasteiger charge is -2.30. The fraction of sp³-hybridized carbons (Fsp3) is 0.435. The maximum atomic E-state index is 12.6. The Hall–Kier alpha value is -2.65. The van der Waals surface area contributed by atoms with Gasteiger partial charge in [0.2, 0.25) is 6.79 Å². The third-order valence-corrected chi connectivity index (χ3v) is 5.49. The molecule has 1 amide bonds. The van der Waals surface area contributed by atoms with Gasteiger partial charge in [-0.2, -0.15) is 0 Å². The van der Waals surface area contributed by atoms with Gasteiger partial charge < -0.3 is 34.5 Å². The normalized spacial score (nSPS) is 23.4. The molecule has 0 spiro atoms. The molecule has 2 aliphatic heterocycles. The second-order valence-corrected chi connectivity index (χ2v) is 8.11. The molecule has 0 unspecified atom stereocenters. The number of aliphatic hydroxyl groups excluding tert-OH is 2. The minimum absolute atomic E-state index is 0.136. The number of aliphatic hydroxyl groups is 2. The molecule has 2 heterocycles. The summed E-state index contributed by atoms with van der Waals surface area (Å²) in [6.45, 7) is 3.45. The molecule has 8 heteroatoms. The molecular weight excluding hydrogens is 402 g/mol. The molecular formula is C23H27NO7. The largest absolute Gasteiger partial charge is 0.454 e. The van der Waals surface area contributed by atoms with Gasteiger partial charge in [0.05, 0.1) is 12.7 Å². The summed E-state index contributed by atoms with van der Waals surface area (Å²) in [5.74, 6) is -0.530. The van der Waals surface area contributed by atoms with Crippen molar-refractivity contribution in [2.75, 3.05) is 19.9 Å². The lowest BCUT2D eigenvalue weighted by molar-refractivity contribution is -0.158. The fourth-order valence-electron chi connectivity index (χ4n) is 4.00. The van der Waals surface area contributed by atoms with Crippen LogP contribution < -0.4 is 14.8 Å². The van der Waals surface area contributed by atoms with Crippen molar-refractivity contribution in [3.63, 3.8) is 0 Å². The standard InChI is InChI=1S/C23H27NO7/c1-23(2)30-19(12-25)21(31-23)20(26)16(11-24-22(27)14-6-4-3-5-7-14)15-8-9-17-18(10-15)29-13-28-17/h3-10,16,19-21,25-26H,11-13H2,1-2H3,(H,24,27)/t16-,19-,20+,21+/m0/s1. The minimum atomic E-state index is -1.06. The van der Waals surface area contributed by atoms with Crippen LogP contribution in [-0.4, -0.2) is 60.2 Å². The summed E-state index contributed by atoms with van der Waals surface area (Å²) >= 11 is 0. The summed E-state index contributed by atoms with van der Waals surface area (Å²) < 4.78 is 22.5. The van der Waals surface area contributed by atoms with Crippen molar-refractivity contribution in [1.29, 1.82) is 0 Å². The highest BCUT2D eigenvalue weighted by Crippen LogP contribution is 2.38. The van der Waals surface area contributed by atoms with Crippen LogP contribution in [0.1, 0.15) is 35.7 Å². The van der Waals surface area contributed by atoms with Gasteiger partial charge in [0.15, 0.2) is 17.3 Å². The maximum absolute atomic E-state index is 12.6. The first-order valence-electron chi connectivity index (χ1n) is 10.3.